The number of carbonyl (C=O) groups excluding carboxylic acids is 1. The van der Waals surface area contributed by atoms with Crippen molar-refractivity contribution in [2.24, 2.45) is 0 Å². The van der Waals surface area contributed by atoms with Crippen molar-refractivity contribution in [1.29, 1.82) is 0 Å². The fourth-order valence-corrected chi connectivity index (χ4v) is 4.00. The van der Waals surface area contributed by atoms with Gasteiger partial charge in [-0.3, -0.25) is 4.79 Å². The summed E-state index contributed by atoms with van der Waals surface area (Å²) in [5.41, 5.74) is 3.62. The molecule has 4 rings (SSSR count). The van der Waals surface area contributed by atoms with E-state index in [1.807, 2.05) is 42.5 Å². The van der Waals surface area contributed by atoms with Gasteiger partial charge in [0.05, 0.1) is 16.3 Å². The normalized spacial score (nSPS) is 11.3. The third kappa shape index (κ3) is 4.59. The zero-order chi connectivity index (χ0) is 22.9. The molecule has 0 aliphatic rings. The maximum atomic E-state index is 13.3. The molecule has 3 aromatic carbocycles. The van der Waals surface area contributed by atoms with E-state index in [-0.39, 0.29) is 4.90 Å². The highest BCUT2D eigenvalue weighted by atomic mass is 35.5. The van der Waals surface area contributed by atoms with Gasteiger partial charge in [-0.25, -0.2) is 13.1 Å². The van der Waals surface area contributed by atoms with Crippen LogP contribution in [0.4, 0.5) is 5.69 Å². The number of para-hydroxylation sites is 1. The van der Waals surface area contributed by atoms with Crippen molar-refractivity contribution >= 4 is 33.0 Å². The SMILES string of the molecule is Cc1ccc(S(C)(=O)=O)cc1NC(=O)c1cc(-c2ccc(Cl)cc2)nn1-c1ccccc1. The molecule has 0 saturated carbocycles. The van der Waals surface area contributed by atoms with Crippen LogP contribution in [0.5, 0.6) is 0 Å². The molecule has 0 aliphatic heterocycles. The average molecular weight is 466 g/mol. The summed E-state index contributed by atoms with van der Waals surface area (Å²) in [7, 11) is -3.41. The minimum Gasteiger partial charge on any atom is -0.320 e. The summed E-state index contributed by atoms with van der Waals surface area (Å²) in [5, 5.41) is 8.08. The van der Waals surface area contributed by atoms with E-state index in [1.54, 1.807) is 35.9 Å². The quantitative estimate of drug-likeness (QED) is 0.441. The standard InChI is InChI=1S/C24H20ClN3O3S/c1-16-8-13-20(32(2,30)31)14-21(16)26-24(29)23-15-22(17-9-11-18(25)12-10-17)27-28(23)19-6-4-3-5-7-19/h3-15H,1-2H3,(H,26,29). The van der Waals surface area contributed by atoms with Gasteiger partial charge < -0.3 is 5.32 Å². The first-order chi connectivity index (χ1) is 15.2. The van der Waals surface area contributed by atoms with Gasteiger partial charge >= 0.3 is 0 Å². The summed E-state index contributed by atoms with van der Waals surface area (Å²) in [5.74, 6) is -0.407. The van der Waals surface area contributed by atoms with Crippen molar-refractivity contribution < 1.29 is 13.2 Å². The maximum absolute atomic E-state index is 13.3. The first-order valence-electron chi connectivity index (χ1n) is 9.76. The van der Waals surface area contributed by atoms with Crippen molar-refractivity contribution in [2.45, 2.75) is 11.8 Å². The highest BCUT2D eigenvalue weighted by Gasteiger charge is 2.19. The Morgan fingerprint density at radius 1 is 0.969 bits per heavy atom. The fraction of sp³-hybridized carbons (Fsp3) is 0.0833. The number of carbonyl (C=O) groups is 1. The Kier molecular flexibility index (Phi) is 5.86. The molecule has 0 aliphatic carbocycles. The Labute approximate surface area is 191 Å². The van der Waals surface area contributed by atoms with Crippen LogP contribution in [0, 0.1) is 6.92 Å². The zero-order valence-corrected chi connectivity index (χ0v) is 19.0. The summed E-state index contributed by atoms with van der Waals surface area (Å²) in [6, 6.07) is 22.9. The minimum atomic E-state index is -3.41. The van der Waals surface area contributed by atoms with E-state index < -0.39 is 15.7 Å². The van der Waals surface area contributed by atoms with E-state index in [0.29, 0.717) is 22.1 Å². The third-order valence-electron chi connectivity index (χ3n) is 4.97. The molecule has 0 radical (unpaired) electrons. The smallest absolute Gasteiger partial charge is 0.274 e. The fourth-order valence-electron chi connectivity index (χ4n) is 3.22. The number of halogens is 1. The van der Waals surface area contributed by atoms with Gasteiger partial charge in [0.2, 0.25) is 0 Å². The van der Waals surface area contributed by atoms with Gasteiger partial charge in [-0.1, -0.05) is 48.0 Å². The van der Waals surface area contributed by atoms with Gasteiger partial charge in [0, 0.05) is 22.5 Å². The van der Waals surface area contributed by atoms with Crippen LogP contribution in [0.2, 0.25) is 5.02 Å². The molecule has 1 amide bonds. The second kappa shape index (κ2) is 8.61. The lowest BCUT2D eigenvalue weighted by Gasteiger charge is -2.11. The maximum Gasteiger partial charge on any atom is 0.274 e. The second-order valence-electron chi connectivity index (χ2n) is 7.37. The van der Waals surface area contributed by atoms with Crippen LogP contribution >= 0.6 is 11.6 Å². The van der Waals surface area contributed by atoms with Crippen molar-refractivity contribution in [2.75, 3.05) is 11.6 Å². The van der Waals surface area contributed by atoms with Crippen LogP contribution in [-0.4, -0.2) is 30.4 Å². The van der Waals surface area contributed by atoms with Crippen LogP contribution in [0.3, 0.4) is 0 Å². The van der Waals surface area contributed by atoms with Gasteiger partial charge in [-0.2, -0.15) is 5.10 Å². The molecule has 0 atom stereocenters. The van der Waals surface area contributed by atoms with E-state index in [0.717, 1.165) is 23.1 Å². The third-order valence-corrected chi connectivity index (χ3v) is 6.33. The summed E-state index contributed by atoms with van der Waals surface area (Å²) >= 11 is 6.00. The molecule has 0 spiro atoms. The average Bonchev–Trinajstić information content (AvgIpc) is 3.21. The molecule has 162 valence electrons. The lowest BCUT2D eigenvalue weighted by atomic mass is 10.1. The molecule has 0 bridgehead atoms. The van der Waals surface area contributed by atoms with E-state index in [1.165, 1.54) is 12.1 Å². The van der Waals surface area contributed by atoms with E-state index in [2.05, 4.69) is 10.4 Å². The molecule has 4 aromatic rings. The zero-order valence-electron chi connectivity index (χ0n) is 17.4. The summed E-state index contributed by atoms with van der Waals surface area (Å²) in [6.07, 6.45) is 1.13. The number of nitrogens with one attached hydrogen (secondary N) is 1. The van der Waals surface area contributed by atoms with Crippen LogP contribution in [0.25, 0.3) is 16.9 Å². The van der Waals surface area contributed by atoms with Gasteiger partial charge in [0.1, 0.15) is 5.69 Å². The molecule has 0 unspecified atom stereocenters. The van der Waals surface area contributed by atoms with Crippen LogP contribution in [0.15, 0.2) is 83.8 Å². The van der Waals surface area contributed by atoms with Crippen LogP contribution in [0.1, 0.15) is 16.1 Å². The molecule has 6 nitrogen and oxygen atoms in total. The molecule has 1 aromatic heterocycles. The first-order valence-corrected chi connectivity index (χ1v) is 12.0. The van der Waals surface area contributed by atoms with Gasteiger partial charge in [0.25, 0.3) is 5.91 Å². The minimum absolute atomic E-state index is 0.136. The molecule has 1 N–H and O–H groups in total. The number of benzene rings is 3. The molecule has 32 heavy (non-hydrogen) atoms. The number of nitrogens with zero attached hydrogens (tertiary/aromatic N) is 2. The predicted molar refractivity (Wildman–Crippen MR) is 126 cm³/mol. The Morgan fingerprint density at radius 3 is 2.31 bits per heavy atom. The highest BCUT2D eigenvalue weighted by molar-refractivity contribution is 7.90. The largest absolute Gasteiger partial charge is 0.320 e. The van der Waals surface area contributed by atoms with Gasteiger partial charge in [-0.15, -0.1) is 0 Å². The van der Waals surface area contributed by atoms with E-state index in [9.17, 15) is 13.2 Å². The number of rotatable bonds is 5. The van der Waals surface area contributed by atoms with Crippen molar-refractivity contribution in [3.8, 4) is 16.9 Å². The summed E-state index contributed by atoms with van der Waals surface area (Å²) < 4.78 is 25.4. The Balaban J connectivity index is 1.77. The topological polar surface area (TPSA) is 81.1 Å². The number of hydrogen-bond donors (Lipinski definition) is 1. The number of aromatic nitrogens is 2. The van der Waals surface area contributed by atoms with E-state index >= 15 is 0 Å². The molecule has 1 heterocycles. The van der Waals surface area contributed by atoms with E-state index in [4.69, 9.17) is 11.6 Å². The monoisotopic (exact) mass is 465 g/mol. The molecular formula is C24H20ClN3O3S. The summed E-state index contributed by atoms with van der Waals surface area (Å²) in [4.78, 5) is 13.4. The van der Waals surface area contributed by atoms with Gasteiger partial charge in [0.15, 0.2) is 9.84 Å². The Bertz CT molecular complexity index is 1400. The second-order valence-corrected chi connectivity index (χ2v) is 9.82. The molecule has 8 heteroatoms. The van der Waals surface area contributed by atoms with Crippen LogP contribution in [-0.2, 0) is 9.84 Å². The summed E-state index contributed by atoms with van der Waals surface area (Å²) in [6.45, 7) is 1.80. The number of hydrogen-bond acceptors (Lipinski definition) is 4. The number of amides is 1. The lowest BCUT2D eigenvalue weighted by molar-refractivity contribution is 0.101. The highest BCUT2D eigenvalue weighted by Crippen LogP contribution is 2.25. The lowest BCUT2D eigenvalue weighted by Crippen LogP contribution is -2.17. The van der Waals surface area contributed by atoms with Gasteiger partial charge in [-0.05, 0) is 55.0 Å². The van der Waals surface area contributed by atoms with Crippen LogP contribution < -0.4 is 5.32 Å². The number of aryl methyl sites for hydroxylation is 1. The molecule has 0 saturated heterocycles. The number of anilines is 1. The van der Waals surface area contributed by atoms with Crippen molar-refractivity contribution in [3.05, 3.63) is 95.1 Å². The molecular weight excluding hydrogens is 446 g/mol. The molecule has 0 fully saturated rings. The van der Waals surface area contributed by atoms with Crippen molar-refractivity contribution in [3.63, 3.8) is 0 Å². The predicted octanol–water partition coefficient (Wildman–Crippen LogP) is 5.16. The Morgan fingerprint density at radius 2 is 1.66 bits per heavy atom. The Hall–Kier alpha value is -3.42. The number of sulfone groups is 1. The first kappa shape index (κ1) is 21.8. The van der Waals surface area contributed by atoms with Crippen molar-refractivity contribution in [1.82, 2.24) is 9.78 Å².